The number of carbonyl (C=O) groups is 2. The lowest BCUT2D eigenvalue weighted by Gasteiger charge is -2.05. The van der Waals surface area contributed by atoms with E-state index in [1.807, 2.05) is 13.0 Å². The van der Waals surface area contributed by atoms with Gasteiger partial charge in [-0.15, -0.1) is 0 Å². The molecule has 0 radical (unpaired) electrons. The van der Waals surface area contributed by atoms with Crippen LogP contribution >= 0.6 is 0 Å². The third-order valence-electron chi connectivity index (χ3n) is 2.77. The molecule has 4 heteroatoms. The number of aryl methyl sites for hydroxylation is 1. The van der Waals surface area contributed by atoms with Crippen molar-refractivity contribution in [1.82, 2.24) is 0 Å². The molecule has 0 unspecified atom stereocenters. The van der Waals surface area contributed by atoms with Crippen LogP contribution in [0.2, 0.25) is 0 Å². The number of benzene rings is 2. The fourth-order valence-electron chi connectivity index (χ4n) is 1.69. The first-order chi connectivity index (χ1) is 9.60. The Morgan fingerprint density at radius 1 is 1.10 bits per heavy atom. The molecule has 0 aliphatic rings. The molecule has 0 bridgehead atoms. The maximum atomic E-state index is 11.9. The topological polar surface area (TPSA) is 70.0 Å². The molecule has 0 aliphatic heterocycles. The minimum Gasteiger partial charge on any atom is -0.319 e. The van der Waals surface area contributed by atoms with Crippen LogP contribution in [0, 0.1) is 18.3 Å². The standard InChI is InChI=1S/C16H12N2O2/c1-11-5-7-13(8-6-11)15(19)16(20)18-14-4-2-3-12(9-14)10-17/h2-9H,1H3,(H,18,20). The first-order valence-corrected chi connectivity index (χ1v) is 6.02. The normalized spacial score (nSPS) is 9.60. The molecule has 0 aromatic heterocycles. The fourth-order valence-corrected chi connectivity index (χ4v) is 1.69. The molecule has 0 fully saturated rings. The molecule has 0 atom stereocenters. The van der Waals surface area contributed by atoms with Gasteiger partial charge in [0.25, 0.3) is 11.7 Å². The lowest BCUT2D eigenvalue weighted by Crippen LogP contribution is -2.22. The second-order valence-electron chi connectivity index (χ2n) is 4.34. The van der Waals surface area contributed by atoms with Crippen LogP contribution in [-0.4, -0.2) is 11.7 Å². The molecule has 0 aliphatic carbocycles. The van der Waals surface area contributed by atoms with Crippen LogP contribution in [0.3, 0.4) is 0 Å². The monoisotopic (exact) mass is 264 g/mol. The molecule has 2 aromatic carbocycles. The quantitative estimate of drug-likeness (QED) is 0.684. The van der Waals surface area contributed by atoms with Crippen LogP contribution in [0.15, 0.2) is 48.5 Å². The highest BCUT2D eigenvalue weighted by Crippen LogP contribution is 2.11. The second kappa shape index (κ2) is 5.81. The van der Waals surface area contributed by atoms with Gasteiger partial charge in [0.05, 0.1) is 11.6 Å². The van der Waals surface area contributed by atoms with Gasteiger partial charge >= 0.3 is 0 Å². The van der Waals surface area contributed by atoms with E-state index in [-0.39, 0.29) is 0 Å². The van der Waals surface area contributed by atoms with Crippen molar-refractivity contribution in [3.05, 3.63) is 65.2 Å². The van der Waals surface area contributed by atoms with Crippen LogP contribution < -0.4 is 5.32 Å². The Bertz CT molecular complexity index is 697. The SMILES string of the molecule is Cc1ccc(C(=O)C(=O)Nc2cccc(C#N)c2)cc1. The number of hydrogen-bond acceptors (Lipinski definition) is 3. The highest BCUT2D eigenvalue weighted by Gasteiger charge is 2.16. The van der Waals surface area contributed by atoms with Gasteiger partial charge in [0.2, 0.25) is 0 Å². The van der Waals surface area contributed by atoms with Gasteiger partial charge < -0.3 is 5.32 Å². The summed E-state index contributed by atoms with van der Waals surface area (Å²) >= 11 is 0. The maximum Gasteiger partial charge on any atom is 0.296 e. The second-order valence-corrected chi connectivity index (χ2v) is 4.34. The van der Waals surface area contributed by atoms with Gasteiger partial charge in [-0.05, 0) is 25.1 Å². The minimum absolute atomic E-state index is 0.338. The van der Waals surface area contributed by atoms with E-state index in [1.165, 1.54) is 6.07 Å². The van der Waals surface area contributed by atoms with Crippen LogP contribution in [0.4, 0.5) is 5.69 Å². The molecule has 0 saturated heterocycles. The third kappa shape index (κ3) is 3.09. The van der Waals surface area contributed by atoms with Crippen molar-refractivity contribution in [2.75, 3.05) is 5.32 Å². The minimum atomic E-state index is -0.719. The van der Waals surface area contributed by atoms with Gasteiger partial charge in [-0.1, -0.05) is 35.9 Å². The molecule has 0 heterocycles. The average Bonchev–Trinajstić information content (AvgIpc) is 2.47. The molecule has 0 spiro atoms. The van der Waals surface area contributed by atoms with Crippen LogP contribution in [0.25, 0.3) is 0 Å². The van der Waals surface area contributed by atoms with E-state index in [1.54, 1.807) is 42.5 Å². The zero-order valence-corrected chi connectivity index (χ0v) is 10.9. The number of carbonyl (C=O) groups excluding carboxylic acids is 2. The van der Waals surface area contributed by atoms with Crippen LogP contribution in [-0.2, 0) is 4.79 Å². The predicted molar refractivity (Wildman–Crippen MR) is 75.3 cm³/mol. The summed E-state index contributed by atoms with van der Waals surface area (Å²) in [6.45, 7) is 1.90. The van der Waals surface area contributed by atoms with E-state index in [0.29, 0.717) is 16.8 Å². The van der Waals surface area contributed by atoms with E-state index < -0.39 is 11.7 Å². The van der Waals surface area contributed by atoms with Gasteiger partial charge in [0, 0.05) is 11.3 Å². The Labute approximate surface area is 116 Å². The number of anilines is 1. The zero-order valence-electron chi connectivity index (χ0n) is 10.9. The molecular weight excluding hydrogens is 252 g/mol. The molecule has 98 valence electrons. The number of Topliss-reactive ketones (excluding diaryl/α,β-unsaturated/α-hetero) is 1. The molecule has 1 amide bonds. The number of nitriles is 1. The Morgan fingerprint density at radius 3 is 2.45 bits per heavy atom. The van der Waals surface area contributed by atoms with Crippen molar-refractivity contribution < 1.29 is 9.59 Å². The Kier molecular flexibility index (Phi) is 3.92. The molecule has 2 aromatic rings. The maximum absolute atomic E-state index is 11.9. The number of nitrogens with zero attached hydrogens (tertiary/aromatic N) is 1. The van der Waals surface area contributed by atoms with Crippen LogP contribution in [0.5, 0.6) is 0 Å². The smallest absolute Gasteiger partial charge is 0.296 e. The Hall–Kier alpha value is -2.93. The molecule has 0 saturated carbocycles. The van der Waals surface area contributed by atoms with Crippen molar-refractivity contribution >= 4 is 17.4 Å². The van der Waals surface area contributed by atoms with Crippen molar-refractivity contribution in [3.8, 4) is 6.07 Å². The number of hydrogen-bond donors (Lipinski definition) is 1. The number of nitrogens with one attached hydrogen (secondary N) is 1. The summed E-state index contributed by atoms with van der Waals surface area (Å²) in [6, 6.07) is 15.2. The van der Waals surface area contributed by atoms with Crippen LogP contribution in [0.1, 0.15) is 21.5 Å². The lowest BCUT2D eigenvalue weighted by molar-refractivity contribution is -0.112. The van der Waals surface area contributed by atoms with E-state index in [9.17, 15) is 9.59 Å². The summed E-state index contributed by atoms with van der Waals surface area (Å²) in [5.74, 6) is -1.32. The third-order valence-corrected chi connectivity index (χ3v) is 2.77. The molecule has 2 rings (SSSR count). The van der Waals surface area contributed by atoms with Gasteiger partial charge in [-0.2, -0.15) is 5.26 Å². The zero-order chi connectivity index (χ0) is 14.5. The largest absolute Gasteiger partial charge is 0.319 e. The van der Waals surface area contributed by atoms with E-state index in [0.717, 1.165) is 5.56 Å². The fraction of sp³-hybridized carbons (Fsp3) is 0.0625. The van der Waals surface area contributed by atoms with Crippen molar-refractivity contribution in [2.45, 2.75) is 6.92 Å². The summed E-state index contributed by atoms with van der Waals surface area (Å²) in [6.07, 6.45) is 0. The van der Waals surface area contributed by atoms with Crippen molar-refractivity contribution in [3.63, 3.8) is 0 Å². The summed E-state index contributed by atoms with van der Waals surface area (Å²) in [5, 5.41) is 11.3. The molecular formula is C16H12N2O2. The summed E-state index contributed by atoms with van der Waals surface area (Å²) < 4.78 is 0. The van der Waals surface area contributed by atoms with Gasteiger partial charge in [-0.25, -0.2) is 0 Å². The van der Waals surface area contributed by atoms with E-state index in [4.69, 9.17) is 5.26 Å². The highest BCUT2D eigenvalue weighted by atomic mass is 16.2. The molecule has 1 N–H and O–H groups in total. The first-order valence-electron chi connectivity index (χ1n) is 6.02. The van der Waals surface area contributed by atoms with E-state index in [2.05, 4.69) is 5.32 Å². The number of ketones is 1. The van der Waals surface area contributed by atoms with Gasteiger partial charge in [-0.3, -0.25) is 9.59 Å². The van der Waals surface area contributed by atoms with Crippen molar-refractivity contribution in [2.24, 2.45) is 0 Å². The first kappa shape index (κ1) is 13.5. The highest BCUT2D eigenvalue weighted by molar-refractivity contribution is 6.46. The lowest BCUT2D eigenvalue weighted by atomic mass is 10.1. The van der Waals surface area contributed by atoms with Gasteiger partial charge in [0.15, 0.2) is 0 Å². The molecule has 4 nitrogen and oxygen atoms in total. The van der Waals surface area contributed by atoms with Gasteiger partial charge in [0.1, 0.15) is 0 Å². The average molecular weight is 264 g/mol. The molecule has 20 heavy (non-hydrogen) atoms. The summed E-state index contributed by atoms with van der Waals surface area (Å²) in [7, 11) is 0. The number of rotatable bonds is 3. The van der Waals surface area contributed by atoms with Crippen molar-refractivity contribution in [1.29, 1.82) is 5.26 Å². The Morgan fingerprint density at radius 2 is 1.80 bits per heavy atom. The Balaban J connectivity index is 2.13. The number of amides is 1. The predicted octanol–water partition coefficient (Wildman–Crippen LogP) is 2.69. The summed E-state index contributed by atoms with van der Waals surface area (Å²) in [4.78, 5) is 23.8. The van der Waals surface area contributed by atoms with E-state index >= 15 is 0 Å². The summed E-state index contributed by atoms with van der Waals surface area (Å²) in [5.41, 5.74) is 2.20.